The molecule has 1 atom stereocenters. The lowest BCUT2D eigenvalue weighted by Gasteiger charge is -2.14. The van der Waals surface area contributed by atoms with Gasteiger partial charge in [-0.25, -0.2) is 9.37 Å². The maximum atomic E-state index is 14.6. The molecule has 0 saturated carbocycles. The monoisotopic (exact) mass is 427 g/mol. The van der Waals surface area contributed by atoms with E-state index in [4.69, 9.17) is 9.47 Å². The average molecular weight is 427 g/mol. The summed E-state index contributed by atoms with van der Waals surface area (Å²) in [5.41, 5.74) is 2.76. The fourth-order valence-electron chi connectivity index (χ4n) is 3.69. The lowest BCUT2D eigenvalue weighted by atomic mass is 10.2. The normalized spacial score (nSPS) is 16.5. The number of nitrogens with zero attached hydrogens (tertiary/aromatic N) is 4. The van der Waals surface area contributed by atoms with Crippen LogP contribution < -0.4 is 14.8 Å². The second-order valence-electron chi connectivity index (χ2n) is 7.64. The first-order chi connectivity index (χ1) is 14.9. The molecular weight excluding hydrogens is 401 g/mol. The Labute approximate surface area is 180 Å². The van der Waals surface area contributed by atoms with Crippen LogP contribution in [0.5, 0.6) is 11.5 Å². The number of halogens is 1. The van der Waals surface area contributed by atoms with E-state index in [2.05, 4.69) is 20.2 Å². The highest BCUT2D eigenvalue weighted by molar-refractivity contribution is 5.59. The summed E-state index contributed by atoms with van der Waals surface area (Å²) in [7, 11) is 3.14. The van der Waals surface area contributed by atoms with E-state index in [1.165, 1.54) is 0 Å². The topological polar surface area (TPSA) is 84.7 Å². The largest absolute Gasteiger partial charge is 0.497 e. The molecule has 1 aromatic carbocycles. The van der Waals surface area contributed by atoms with Gasteiger partial charge < -0.3 is 24.5 Å². The lowest BCUT2D eigenvalue weighted by molar-refractivity contribution is 0.174. The van der Waals surface area contributed by atoms with Crippen molar-refractivity contribution in [1.29, 1.82) is 0 Å². The van der Waals surface area contributed by atoms with Gasteiger partial charge in [0.15, 0.2) is 11.6 Å². The van der Waals surface area contributed by atoms with Crippen molar-refractivity contribution >= 4 is 11.6 Å². The fraction of sp³-hybridized carbons (Fsp3) is 0.364. The van der Waals surface area contributed by atoms with Crippen molar-refractivity contribution in [3.63, 3.8) is 0 Å². The average Bonchev–Trinajstić information content (AvgIpc) is 3.34. The van der Waals surface area contributed by atoms with Crippen LogP contribution in [0.2, 0.25) is 0 Å². The summed E-state index contributed by atoms with van der Waals surface area (Å²) >= 11 is 0. The summed E-state index contributed by atoms with van der Waals surface area (Å²) in [6.07, 6.45) is 5.39. The number of benzene rings is 1. The van der Waals surface area contributed by atoms with Crippen LogP contribution in [-0.4, -0.2) is 58.0 Å². The number of aromatic nitrogens is 3. The molecule has 0 spiro atoms. The van der Waals surface area contributed by atoms with Gasteiger partial charge in [0.2, 0.25) is 5.95 Å². The molecule has 0 amide bonds. The van der Waals surface area contributed by atoms with Gasteiger partial charge in [0, 0.05) is 55.9 Å². The van der Waals surface area contributed by atoms with Crippen molar-refractivity contribution < 1.29 is 19.0 Å². The first-order valence-electron chi connectivity index (χ1n) is 10.1. The maximum Gasteiger partial charge on any atom is 0.229 e. The minimum atomic E-state index is -0.521. The molecule has 9 heteroatoms. The van der Waals surface area contributed by atoms with Crippen LogP contribution in [0.3, 0.4) is 0 Å². The second kappa shape index (κ2) is 8.91. The summed E-state index contributed by atoms with van der Waals surface area (Å²) in [6.45, 7) is 4.20. The molecule has 1 aliphatic rings. The zero-order valence-corrected chi connectivity index (χ0v) is 17.8. The van der Waals surface area contributed by atoms with E-state index in [1.807, 2.05) is 19.3 Å². The van der Waals surface area contributed by atoms with Crippen molar-refractivity contribution in [3.8, 4) is 17.3 Å². The minimum absolute atomic E-state index is 0.156. The van der Waals surface area contributed by atoms with Gasteiger partial charge in [-0.05, 0) is 24.5 Å². The molecule has 1 saturated heterocycles. The highest BCUT2D eigenvalue weighted by Gasteiger charge is 2.21. The molecule has 0 aliphatic carbocycles. The van der Waals surface area contributed by atoms with Gasteiger partial charge in [-0.2, -0.15) is 4.98 Å². The molecule has 4 rings (SSSR count). The molecule has 164 valence electrons. The number of β-amino-alcohol motifs (C(OH)–C–C–N with tert-alkyl or cyclic N) is 1. The third-order valence-electron chi connectivity index (χ3n) is 5.35. The molecule has 3 aromatic rings. The van der Waals surface area contributed by atoms with E-state index < -0.39 is 5.82 Å². The van der Waals surface area contributed by atoms with Crippen molar-refractivity contribution in [2.24, 2.45) is 0 Å². The van der Waals surface area contributed by atoms with Crippen molar-refractivity contribution in [2.45, 2.75) is 26.0 Å². The van der Waals surface area contributed by atoms with Crippen LogP contribution in [0.1, 0.15) is 17.5 Å². The third-order valence-corrected chi connectivity index (χ3v) is 5.35. The predicted octanol–water partition coefficient (Wildman–Crippen LogP) is 3.04. The third kappa shape index (κ3) is 4.78. The van der Waals surface area contributed by atoms with Gasteiger partial charge in [0.1, 0.15) is 11.5 Å². The van der Waals surface area contributed by atoms with Gasteiger partial charge >= 0.3 is 0 Å². The highest BCUT2D eigenvalue weighted by Crippen LogP contribution is 2.28. The highest BCUT2D eigenvalue weighted by atomic mass is 19.1. The Morgan fingerprint density at radius 2 is 1.94 bits per heavy atom. The first kappa shape index (κ1) is 21.1. The van der Waals surface area contributed by atoms with Crippen LogP contribution in [-0.2, 0) is 6.54 Å². The van der Waals surface area contributed by atoms with E-state index >= 15 is 0 Å². The van der Waals surface area contributed by atoms with E-state index in [-0.39, 0.29) is 17.9 Å². The molecule has 2 N–H and O–H groups in total. The summed E-state index contributed by atoms with van der Waals surface area (Å²) in [5, 5.41) is 12.8. The first-order valence-corrected chi connectivity index (χ1v) is 10.1. The minimum Gasteiger partial charge on any atom is -0.497 e. The molecule has 1 unspecified atom stereocenters. The summed E-state index contributed by atoms with van der Waals surface area (Å²) in [4.78, 5) is 10.6. The van der Waals surface area contributed by atoms with E-state index in [0.717, 1.165) is 30.3 Å². The van der Waals surface area contributed by atoms with Gasteiger partial charge in [-0.15, -0.1) is 0 Å². The molecular formula is C22H26FN5O3. The molecule has 8 nitrogen and oxygen atoms in total. The Hall–Kier alpha value is -3.17. The zero-order valence-electron chi connectivity index (χ0n) is 17.8. The van der Waals surface area contributed by atoms with Gasteiger partial charge in [0.25, 0.3) is 0 Å². The van der Waals surface area contributed by atoms with Gasteiger partial charge in [-0.1, -0.05) is 0 Å². The van der Waals surface area contributed by atoms with Crippen LogP contribution >= 0.6 is 0 Å². The van der Waals surface area contributed by atoms with Crippen molar-refractivity contribution in [1.82, 2.24) is 19.4 Å². The molecule has 1 fully saturated rings. The van der Waals surface area contributed by atoms with Crippen LogP contribution in [0.25, 0.3) is 5.82 Å². The Morgan fingerprint density at radius 3 is 2.58 bits per heavy atom. The Morgan fingerprint density at radius 1 is 1.19 bits per heavy atom. The quantitative estimate of drug-likeness (QED) is 0.600. The van der Waals surface area contributed by atoms with Gasteiger partial charge in [0.05, 0.1) is 26.5 Å². The number of hydrogen-bond donors (Lipinski definition) is 2. The van der Waals surface area contributed by atoms with Crippen molar-refractivity contribution in [2.75, 3.05) is 32.6 Å². The molecule has 2 aromatic heterocycles. The number of hydrogen-bond acceptors (Lipinski definition) is 7. The lowest BCUT2D eigenvalue weighted by Crippen LogP contribution is -2.21. The van der Waals surface area contributed by atoms with E-state index in [1.54, 1.807) is 37.0 Å². The summed E-state index contributed by atoms with van der Waals surface area (Å²) in [5.74, 6) is 1.11. The number of nitrogens with one attached hydrogen (secondary N) is 1. The fourth-order valence-corrected chi connectivity index (χ4v) is 3.69. The smallest absolute Gasteiger partial charge is 0.229 e. The van der Waals surface area contributed by atoms with E-state index in [0.29, 0.717) is 30.3 Å². The SMILES string of the molecule is COc1cc(Nc2ncc(F)c(-n3cc(C)c(CN4CCC(O)C4)c3)n2)cc(OC)c1. The number of aryl methyl sites for hydroxylation is 1. The number of likely N-dealkylation sites (tertiary alicyclic amines) is 1. The predicted molar refractivity (Wildman–Crippen MR) is 115 cm³/mol. The second-order valence-corrected chi connectivity index (χ2v) is 7.64. The molecule has 0 radical (unpaired) electrons. The van der Waals surface area contributed by atoms with Gasteiger partial charge in [-0.3, -0.25) is 4.90 Å². The van der Waals surface area contributed by atoms with Crippen LogP contribution in [0, 0.1) is 12.7 Å². The Kier molecular flexibility index (Phi) is 6.06. The van der Waals surface area contributed by atoms with Crippen molar-refractivity contribution in [3.05, 3.63) is 53.7 Å². The van der Waals surface area contributed by atoms with E-state index in [9.17, 15) is 9.50 Å². The summed E-state index contributed by atoms with van der Waals surface area (Å²) in [6, 6.07) is 5.31. The zero-order chi connectivity index (χ0) is 22.0. The van der Waals surface area contributed by atoms with Crippen LogP contribution in [0.4, 0.5) is 16.0 Å². The molecule has 1 aliphatic heterocycles. The molecule has 0 bridgehead atoms. The summed E-state index contributed by atoms with van der Waals surface area (Å²) < 4.78 is 26.8. The number of aliphatic hydroxyl groups excluding tert-OH is 1. The number of rotatable bonds is 7. The number of aliphatic hydroxyl groups is 1. The Balaban J connectivity index is 1.58. The number of anilines is 2. The number of methoxy groups -OCH3 is 2. The maximum absolute atomic E-state index is 14.6. The number of ether oxygens (including phenoxy) is 2. The Bertz CT molecular complexity index is 1050. The standard InChI is InChI=1S/C22H26FN5O3/c1-14-10-28(12-15(14)11-27-5-4-17(29)13-27)21-20(23)9-24-22(26-21)25-16-6-18(30-2)8-19(7-16)31-3/h6-10,12,17,29H,4-5,11,13H2,1-3H3,(H,24,25,26). The van der Waals surface area contributed by atoms with Crippen LogP contribution in [0.15, 0.2) is 36.8 Å². The molecule has 31 heavy (non-hydrogen) atoms. The molecule has 3 heterocycles.